The van der Waals surface area contributed by atoms with Gasteiger partial charge in [-0.1, -0.05) is 12.1 Å². The first kappa shape index (κ1) is 16.0. The highest BCUT2D eigenvalue weighted by molar-refractivity contribution is 5.92. The van der Waals surface area contributed by atoms with Gasteiger partial charge in [-0.15, -0.1) is 0 Å². The number of ether oxygens (including phenoxy) is 2. The van der Waals surface area contributed by atoms with Crippen molar-refractivity contribution in [3.63, 3.8) is 0 Å². The van der Waals surface area contributed by atoms with Crippen LogP contribution in [0.25, 0.3) is 11.1 Å². The largest absolute Gasteiger partial charge is 0.489 e. The van der Waals surface area contributed by atoms with E-state index >= 15 is 0 Å². The normalized spacial score (nSPS) is 24.4. The summed E-state index contributed by atoms with van der Waals surface area (Å²) in [6, 6.07) is 8.92. The summed E-state index contributed by atoms with van der Waals surface area (Å²) < 4.78 is 11.2. The predicted octanol–water partition coefficient (Wildman–Crippen LogP) is 1.19. The van der Waals surface area contributed by atoms with Crippen LogP contribution in [0.3, 0.4) is 0 Å². The molecule has 7 heteroatoms. The molecular formula is C18H18N2O5. The number of aliphatic hydroxyl groups is 2. The Bertz CT molecular complexity index is 808. The average molecular weight is 342 g/mol. The van der Waals surface area contributed by atoms with Crippen LogP contribution in [0.4, 0.5) is 5.69 Å². The Morgan fingerprint density at radius 2 is 2.12 bits per heavy atom. The maximum absolute atomic E-state index is 11.3. The van der Waals surface area contributed by atoms with Crippen molar-refractivity contribution in [2.45, 2.75) is 25.5 Å². The molecule has 1 aromatic carbocycles. The van der Waals surface area contributed by atoms with Crippen molar-refractivity contribution < 1.29 is 24.5 Å². The number of Topliss-reactive ketones (excluding diaryl/α,β-unsaturated/α-hetero) is 1. The van der Waals surface area contributed by atoms with E-state index in [1.54, 1.807) is 17.2 Å². The standard InChI is InChI=1S/C18H18N2O5/c1-10(22)13-4-2-12(7-19-13)11-3-5-14-16(6-11)24-9-15-17(8-21)25-18(23)20(14)15/h2-7,15,17-18,21,23H,8-9H2,1H3. The number of aromatic nitrogens is 1. The van der Waals surface area contributed by atoms with Crippen LogP contribution >= 0.6 is 0 Å². The molecular weight excluding hydrogens is 324 g/mol. The number of carbonyl (C=O) groups excluding carboxylic acids is 1. The summed E-state index contributed by atoms with van der Waals surface area (Å²) in [6.45, 7) is 1.62. The van der Waals surface area contributed by atoms with Crippen molar-refractivity contribution in [3.05, 3.63) is 42.2 Å². The van der Waals surface area contributed by atoms with Gasteiger partial charge in [0.25, 0.3) is 0 Å². The number of fused-ring (bicyclic) bond motifs is 3. The second-order valence-electron chi connectivity index (χ2n) is 6.14. The Kier molecular flexibility index (Phi) is 3.91. The SMILES string of the molecule is CC(=O)c1ccc(-c2ccc3c(c2)OCC2C(CO)OC(O)N32)cn1. The molecule has 1 aromatic heterocycles. The number of rotatable bonds is 3. The van der Waals surface area contributed by atoms with E-state index in [1.807, 2.05) is 24.3 Å². The highest BCUT2D eigenvalue weighted by atomic mass is 16.7. The van der Waals surface area contributed by atoms with Crippen LogP contribution in [-0.2, 0) is 4.74 Å². The Labute approximate surface area is 144 Å². The van der Waals surface area contributed by atoms with Crippen LogP contribution < -0.4 is 9.64 Å². The van der Waals surface area contributed by atoms with Gasteiger partial charge in [0.05, 0.1) is 18.3 Å². The van der Waals surface area contributed by atoms with E-state index in [4.69, 9.17) is 9.47 Å². The van der Waals surface area contributed by atoms with Crippen molar-refractivity contribution in [1.82, 2.24) is 4.98 Å². The summed E-state index contributed by atoms with van der Waals surface area (Å²) in [5, 5.41) is 19.5. The average Bonchev–Trinajstić information content (AvgIpc) is 2.97. The van der Waals surface area contributed by atoms with Crippen molar-refractivity contribution in [2.24, 2.45) is 0 Å². The zero-order valence-electron chi connectivity index (χ0n) is 13.6. The smallest absolute Gasteiger partial charge is 0.238 e. The minimum atomic E-state index is -1.10. The van der Waals surface area contributed by atoms with Crippen LogP contribution in [0.2, 0.25) is 0 Å². The molecule has 130 valence electrons. The van der Waals surface area contributed by atoms with Crippen molar-refractivity contribution in [2.75, 3.05) is 18.1 Å². The third kappa shape index (κ3) is 2.66. The molecule has 3 atom stereocenters. The number of nitrogens with zero attached hydrogens (tertiary/aromatic N) is 2. The Balaban J connectivity index is 1.66. The molecule has 2 aliphatic heterocycles. The van der Waals surface area contributed by atoms with E-state index in [0.717, 1.165) is 16.8 Å². The van der Waals surface area contributed by atoms with E-state index in [0.29, 0.717) is 18.1 Å². The van der Waals surface area contributed by atoms with Gasteiger partial charge in [0, 0.05) is 18.7 Å². The fourth-order valence-corrected chi connectivity index (χ4v) is 3.28. The zero-order chi connectivity index (χ0) is 17.6. The summed E-state index contributed by atoms with van der Waals surface area (Å²) in [5.74, 6) is 0.554. The van der Waals surface area contributed by atoms with Crippen LogP contribution in [0.1, 0.15) is 17.4 Å². The number of anilines is 1. The molecule has 0 amide bonds. The zero-order valence-corrected chi connectivity index (χ0v) is 13.6. The highest BCUT2D eigenvalue weighted by Crippen LogP contribution is 2.41. The fraction of sp³-hybridized carbons (Fsp3) is 0.333. The van der Waals surface area contributed by atoms with Gasteiger partial charge in [-0.3, -0.25) is 9.78 Å². The van der Waals surface area contributed by atoms with Gasteiger partial charge in [-0.05, 0) is 23.8 Å². The number of ketones is 1. The summed E-state index contributed by atoms with van der Waals surface area (Å²) in [5.41, 5.74) is 2.91. The quantitative estimate of drug-likeness (QED) is 0.809. The van der Waals surface area contributed by atoms with Crippen LogP contribution in [0.5, 0.6) is 5.75 Å². The molecule has 25 heavy (non-hydrogen) atoms. The van der Waals surface area contributed by atoms with Gasteiger partial charge in [-0.25, -0.2) is 0 Å². The molecule has 0 aliphatic carbocycles. The lowest BCUT2D eigenvalue weighted by Crippen LogP contribution is -2.46. The molecule has 0 radical (unpaired) electrons. The molecule has 1 saturated heterocycles. The summed E-state index contributed by atoms with van der Waals surface area (Å²) in [4.78, 5) is 17.2. The van der Waals surface area contributed by atoms with Crippen molar-refractivity contribution in [1.29, 1.82) is 0 Å². The first-order chi connectivity index (χ1) is 12.1. The second kappa shape index (κ2) is 6.11. The first-order valence-electron chi connectivity index (χ1n) is 8.05. The molecule has 2 aliphatic rings. The van der Waals surface area contributed by atoms with Gasteiger partial charge in [0.1, 0.15) is 24.2 Å². The molecule has 7 nitrogen and oxygen atoms in total. The maximum Gasteiger partial charge on any atom is 0.238 e. The number of carbonyl (C=O) groups is 1. The lowest BCUT2D eigenvalue weighted by molar-refractivity contribution is -0.101. The minimum absolute atomic E-state index is 0.0761. The third-order valence-corrected chi connectivity index (χ3v) is 4.61. The lowest BCUT2D eigenvalue weighted by Gasteiger charge is -2.34. The van der Waals surface area contributed by atoms with Gasteiger partial charge >= 0.3 is 0 Å². The molecule has 1 fully saturated rings. The van der Waals surface area contributed by atoms with E-state index in [1.165, 1.54) is 6.92 Å². The minimum Gasteiger partial charge on any atom is -0.489 e. The first-order valence-corrected chi connectivity index (χ1v) is 8.05. The molecule has 0 bridgehead atoms. The topological polar surface area (TPSA) is 92.1 Å². The lowest BCUT2D eigenvalue weighted by atomic mass is 10.0. The summed E-state index contributed by atoms with van der Waals surface area (Å²) in [6.07, 6.45) is 0.0676. The second-order valence-corrected chi connectivity index (χ2v) is 6.14. The molecule has 0 saturated carbocycles. The van der Waals surface area contributed by atoms with Gasteiger partial charge in [0.15, 0.2) is 5.78 Å². The molecule has 2 aromatic rings. The van der Waals surface area contributed by atoms with Crippen LogP contribution in [0.15, 0.2) is 36.5 Å². The van der Waals surface area contributed by atoms with Crippen LogP contribution in [-0.4, -0.2) is 52.8 Å². The molecule has 0 spiro atoms. The van der Waals surface area contributed by atoms with Crippen molar-refractivity contribution >= 4 is 11.5 Å². The molecule has 3 heterocycles. The summed E-state index contributed by atoms with van der Waals surface area (Å²) >= 11 is 0. The van der Waals surface area contributed by atoms with Crippen molar-refractivity contribution in [3.8, 4) is 16.9 Å². The number of pyridine rings is 1. The Hall–Kier alpha value is -2.48. The molecule has 3 unspecified atom stereocenters. The predicted molar refractivity (Wildman–Crippen MR) is 89.4 cm³/mol. The summed E-state index contributed by atoms with van der Waals surface area (Å²) in [7, 11) is 0. The number of hydrogen-bond donors (Lipinski definition) is 2. The van der Waals surface area contributed by atoms with Gasteiger partial charge in [0.2, 0.25) is 6.41 Å². The van der Waals surface area contributed by atoms with Gasteiger partial charge < -0.3 is 24.6 Å². The number of benzene rings is 1. The number of hydrogen-bond acceptors (Lipinski definition) is 7. The fourth-order valence-electron chi connectivity index (χ4n) is 3.28. The van der Waals surface area contributed by atoms with E-state index in [9.17, 15) is 15.0 Å². The molecule has 4 rings (SSSR count). The van der Waals surface area contributed by atoms with Gasteiger partial charge in [-0.2, -0.15) is 0 Å². The van der Waals surface area contributed by atoms with Crippen LogP contribution in [0, 0.1) is 0 Å². The highest BCUT2D eigenvalue weighted by Gasteiger charge is 2.45. The third-order valence-electron chi connectivity index (χ3n) is 4.61. The Morgan fingerprint density at radius 3 is 2.80 bits per heavy atom. The number of aliphatic hydroxyl groups excluding tert-OH is 2. The van der Waals surface area contributed by atoms with E-state index in [-0.39, 0.29) is 18.4 Å². The van der Waals surface area contributed by atoms with E-state index < -0.39 is 12.5 Å². The molecule has 2 N–H and O–H groups in total. The van der Waals surface area contributed by atoms with E-state index in [2.05, 4.69) is 4.98 Å². The maximum atomic E-state index is 11.3. The Morgan fingerprint density at radius 1 is 1.32 bits per heavy atom. The monoisotopic (exact) mass is 342 g/mol.